The molecule has 0 bridgehead atoms. The van der Waals surface area contributed by atoms with E-state index in [-0.39, 0.29) is 24.9 Å². The van der Waals surface area contributed by atoms with Crippen molar-refractivity contribution in [1.29, 1.82) is 0 Å². The molecule has 1 saturated carbocycles. The van der Waals surface area contributed by atoms with Gasteiger partial charge in [-0.1, -0.05) is 63.4 Å². The Morgan fingerprint density at radius 3 is 2.37 bits per heavy atom. The molecule has 0 unspecified atom stereocenters. The zero-order valence-electron chi connectivity index (χ0n) is 24.5. The topological polar surface area (TPSA) is 140 Å². The summed E-state index contributed by atoms with van der Waals surface area (Å²) in [6, 6.07) is 5.95. The predicted molar refractivity (Wildman–Crippen MR) is 152 cm³/mol. The second-order valence-electron chi connectivity index (χ2n) is 11.4. The second-order valence-corrected chi connectivity index (χ2v) is 11.4. The van der Waals surface area contributed by atoms with Gasteiger partial charge in [0.15, 0.2) is 0 Å². The Kier molecular flexibility index (Phi) is 12.6. The summed E-state index contributed by atoms with van der Waals surface area (Å²) in [7, 11) is 0. The second kappa shape index (κ2) is 16.1. The number of nitrogens with one attached hydrogen (secondary N) is 3. The number of rotatable bonds is 9. The first kappa shape index (κ1) is 32.1. The van der Waals surface area contributed by atoms with Crippen LogP contribution in [0.1, 0.15) is 90.5 Å². The molecule has 41 heavy (non-hydrogen) atoms. The summed E-state index contributed by atoms with van der Waals surface area (Å²) in [6.07, 6.45) is 5.76. The number of ether oxygens (including phenoxy) is 2. The third-order valence-corrected chi connectivity index (χ3v) is 7.81. The fourth-order valence-corrected chi connectivity index (χ4v) is 5.25. The van der Waals surface area contributed by atoms with Crippen LogP contribution in [0.4, 0.5) is 0 Å². The van der Waals surface area contributed by atoms with Gasteiger partial charge in [0.2, 0.25) is 17.7 Å². The number of unbranched alkanes of at least 4 members (excludes halogenated alkanes) is 1. The molecule has 1 aromatic carbocycles. The van der Waals surface area contributed by atoms with E-state index in [9.17, 15) is 24.0 Å². The highest BCUT2D eigenvalue weighted by Crippen LogP contribution is 2.22. The number of esters is 2. The van der Waals surface area contributed by atoms with Crippen molar-refractivity contribution in [3.05, 3.63) is 35.9 Å². The van der Waals surface area contributed by atoms with E-state index in [4.69, 9.17) is 9.47 Å². The van der Waals surface area contributed by atoms with Crippen molar-refractivity contribution < 1.29 is 33.4 Å². The lowest BCUT2D eigenvalue weighted by Gasteiger charge is -2.27. The van der Waals surface area contributed by atoms with Crippen molar-refractivity contribution >= 4 is 29.7 Å². The standard InChI is InChI=1S/C31H45N3O7/c1-4-5-12-20(2)26-19-27(35)33-24(17-22-13-8-6-9-14-22)30(38)32-21(3)29(37)34-25(31(39)41-26)18-28(36)40-23-15-10-7-11-16-23/h6,8-9,13-14,20-21,23-26H,4-5,7,10-12,15-19H2,1-3H3,(H,32,38)(H,33,35)(H,34,37)/t20-,21+,24+,25+,26-/m0/s1. The fraction of sp³-hybridized carbons (Fsp3) is 0.645. The summed E-state index contributed by atoms with van der Waals surface area (Å²) in [5.41, 5.74) is 0.838. The molecule has 3 rings (SSSR count). The van der Waals surface area contributed by atoms with Gasteiger partial charge in [0.25, 0.3) is 0 Å². The summed E-state index contributed by atoms with van der Waals surface area (Å²) in [5.74, 6) is -3.19. The highest BCUT2D eigenvalue weighted by atomic mass is 16.6. The van der Waals surface area contributed by atoms with Crippen LogP contribution in [0.2, 0.25) is 0 Å². The first-order valence-electron chi connectivity index (χ1n) is 15.0. The van der Waals surface area contributed by atoms with E-state index in [0.29, 0.717) is 6.42 Å². The first-order valence-corrected chi connectivity index (χ1v) is 15.0. The first-order chi connectivity index (χ1) is 19.7. The maximum atomic E-state index is 13.4. The van der Waals surface area contributed by atoms with Gasteiger partial charge in [-0.2, -0.15) is 0 Å². The Labute approximate surface area is 242 Å². The quantitative estimate of drug-likeness (QED) is 0.387. The molecule has 1 heterocycles. The molecule has 3 amide bonds. The number of carbonyl (C=O) groups is 5. The van der Waals surface area contributed by atoms with Gasteiger partial charge >= 0.3 is 11.9 Å². The summed E-state index contributed by atoms with van der Waals surface area (Å²) in [6.45, 7) is 5.43. The van der Waals surface area contributed by atoms with Crippen molar-refractivity contribution in [2.24, 2.45) is 5.92 Å². The third kappa shape index (κ3) is 10.5. The van der Waals surface area contributed by atoms with Crippen LogP contribution in [0.3, 0.4) is 0 Å². The SMILES string of the molecule is CCCC[C@H](C)[C@@H]1CC(=O)N[C@H](Cc2ccccc2)C(=O)N[C@H](C)C(=O)N[C@H](CC(=O)OC2CCCCC2)C(=O)O1. The van der Waals surface area contributed by atoms with Crippen LogP contribution >= 0.6 is 0 Å². The number of amides is 3. The number of hydrogen-bond donors (Lipinski definition) is 3. The number of cyclic esters (lactones) is 1. The van der Waals surface area contributed by atoms with Crippen molar-refractivity contribution in [3.8, 4) is 0 Å². The van der Waals surface area contributed by atoms with Gasteiger partial charge in [-0.3, -0.25) is 19.2 Å². The van der Waals surface area contributed by atoms with E-state index in [1.807, 2.05) is 44.2 Å². The molecule has 0 spiro atoms. The van der Waals surface area contributed by atoms with E-state index in [2.05, 4.69) is 16.0 Å². The smallest absolute Gasteiger partial charge is 0.329 e. The monoisotopic (exact) mass is 571 g/mol. The van der Waals surface area contributed by atoms with Crippen LogP contribution in [-0.4, -0.2) is 60.0 Å². The lowest BCUT2D eigenvalue weighted by molar-refractivity contribution is -0.162. The number of benzene rings is 1. The molecule has 10 heteroatoms. The molecule has 3 N–H and O–H groups in total. The summed E-state index contributed by atoms with van der Waals surface area (Å²) >= 11 is 0. The summed E-state index contributed by atoms with van der Waals surface area (Å²) < 4.78 is 11.4. The van der Waals surface area contributed by atoms with Gasteiger partial charge in [0.1, 0.15) is 30.3 Å². The van der Waals surface area contributed by atoms with Crippen LogP contribution in [0.15, 0.2) is 30.3 Å². The Morgan fingerprint density at radius 2 is 1.68 bits per heavy atom. The Bertz CT molecular complexity index is 1040. The molecular formula is C31H45N3O7. The zero-order valence-corrected chi connectivity index (χ0v) is 24.5. The minimum Gasteiger partial charge on any atom is -0.462 e. The maximum Gasteiger partial charge on any atom is 0.329 e. The molecule has 5 atom stereocenters. The molecule has 2 fully saturated rings. The van der Waals surface area contributed by atoms with Gasteiger partial charge < -0.3 is 25.4 Å². The Balaban J connectivity index is 1.83. The number of carbonyl (C=O) groups excluding carboxylic acids is 5. The fourth-order valence-electron chi connectivity index (χ4n) is 5.25. The molecule has 0 radical (unpaired) electrons. The molecule has 1 saturated heterocycles. The van der Waals surface area contributed by atoms with Gasteiger partial charge in [-0.05, 0) is 50.5 Å². The molecule has 226 valence electrons. The average Bonchev–Trinajstić information content (AvgIpc) is 2.95. The molecule has 2 aliphatic rings. The molecule has 0 aromatic heterocycles. The van der Waals surface area contributed by atoms with Crippen LogP contribution in [0.5, 0.6) is 0 Å². The van der Waals surface area contributed by atoms with Gasteiger partial charge in [-0.25, -0.2) is 4.79 Å². The van der Waals surface area contributed by atoms with E-state index < -0.39 is 60.3 Å². The normalized spacial score (nSPS) is 25.7. The summed E-state index contributed by atoms with van der Waals surface area (Å²) in [5, 5.41) is 8.01. The average molecular weight is 572 g/mol. The summed E-state index contributed by atoms with van der Waals surface area (Å²) in [4.78, 5) is 65.8. The van der Waals surface area contributed by atoms with E-state index >= 15 is 0 Å². The third-order valence-electron chi connectivity index (χ3n) is 7.81. The zero-order chi connectivity index (χ0) is 29.8. The van der Waals surface area contributed by atoms with Crippen LogP contribution in [0, 0.1) is 5.92 Å². The van der Waals surface area contributed by atoms with Crippen LogP contribution < -0.4 is 16.0 Å². The van der Waals surface area contributed by atoms with Crippen LogP contribution in [0.25, 0.3) is 0 Å². The van der Waals surface area contributed by atoms with E-state index in [1.165, 1.54) is 6.92 Å². The molecule has 1 aromatic rings. The van der Waals surface area contributed by atoms with Crippen LogP contribution in [-0.2, 0) is 39.9 Å². The van der Waals surface area contributed by atoms with Crippen molar-refractivity contribution in [3.63, 3.8) is 0 Å². The largest absolute Gasteiger partial charge is 0.462 e. The molecule has 1 aliphatic carbocycles. The Morgan fingerprint density at radius 1 is 0.976 bits per heavy atom. The van der Waals surface area contributed by atoms with Gasteiger partial charge in [-0.15, -0.1) is 0 Å². The lowest BCUT2D eigenvalue weighted by Crippen LogP contribution is -2.55. The van der Waals surface area contributed by atoms with Crippen molar-refractivity contribution in [2.45, 2.75) is 122 Å². The van der Waals surface area contributed by atoms with Crippen molar-refractivity contribution in [1.82, 2.24) is 16.0 Å². The Hall–Kier alpha value is -3.43. The van der Waals surface area contributed by atoms with Crippen molar-refractivity contribution in [2.75, 3.05) is 0 Å². The predicted octanol–water partition coefficient (Wildman–Crippen LogP) is 3.11. The van der Waals surface area contributed by atoms with Gasteiger partial charge in [0.05, 0.1) is 12.8 Å². The van der Waals surface area contributed by atoms with E-state index in [0.717, 1.165) is 50.5 Å². The van der Waals surface area contributed by atoms with Gasteiger partial charge in [0, 0.05) is 6.42 Å². The number of hydrogen-bond acceptors (Lipinski definition) is 7. The van der Waals surface area contributed by atoms with E-state index in [1.54, 1.807) is 0 Å². The highest BCUT2D eigenvalue weighted by molar-refractivity contribution is 5.94. The molecule has 10 nitrogen and oxygen atoms in total. The minimum absolute atomic E-state index is 0.155. The minimum atomic E-state index is -1.32. The lowest BCUT2D eigenvalue weighted by atomic mass is 9.95. The maximum absolute atomic E-state index is 13.4. The highest BCUT2D eigenvalue weighted by Gasteiger charge is 2.35. The molecular weight excluding hydrogens is 526 g/mol. The molecule has 1 aliphatic heterocycles.